The third-order valence-corrected chi connectivity index (χ3v) is 6.40. The second-order valence-electron chi connectivity index (χ2n) is 6.30. The second-order valence-corrected chi connectivity index (χ2v) is 8.40. The monoisotopic (exact) mass is 409 g/mol. The molecule has 138 valence electrons. The van der Waals surface area contributed by atoms with Gasteiger partial charge in [0, 0.05) is 29.9 Å². The molecule has 3 rings (SSSR count). The van der Waals surface area contributed by atoms with Gasteiger partial charge in [0.05, 0.1) is 16.5 Å². The highest BCUT2D eigenvalue weighted by molar-refractivity contribution is 7.99. The van der Waals surface area contributed by atoms with Gasteiger partial charge in [-0.15, -0.1) is 0 Å². The smallest absolute Gasteiger partial charge is 0.228 e. The Kier molecular flexibility index (Phi) is 7.26. The number of hydrogen-bond donors (Lipinski definition) is 1. The van der Waals surface area contributed by atoms with Crippen molar-refractivity contribution in [3.05, 3.63) is 63.6 Å². The summed E-state index contributed by atoms with van der Waals surface area (Å²) in [5.41, 5.74) is 2.87. The molecule has 26 heavy (non-hydrogen) atoms. The molecule has 1 aliphatic heterocycles. The zero-order chi connectivity index (χ0) is 18.4. The minimum atomic E-state index is -0.0716. The minimum absolute atomic E-state index is 0.0716. The minimum Gasteiger partial charge on any atom is -0.381 e. The molecule has 0 aliphatic carbocycles. The van der Waals surface area contributed by atoms with Crippen molar-refractivity contribution in [1.29, 1.82) is 0 Å². The maximum atomic E-state index is 12.3. The highest BCUT2D eigenvalue weighted by Gasteiger charge is 2.14. The number of halogens is 2. The predicted molar refractivity (Wildman–Crippen MR) is 110 cm³/mol. The fourth-order valence-corrected chi connectivity index (χ4v) is 4.29. The highest BCUT2D eigenvalue weighted by Crippen LogP contribution is 2.27. The molecule has 0 unspecified atom stereocenters. The van der Waals surface area contributed by atoms with E-state index < -0.39 is 0 Å². The van der Waals surface area contributed by atoms with Crippen LogP contribution in [-0.4, -0.2) is 24.4 Å². The lowest BCUT2D eigenvalue weighted by Crippen LogP contribution is -2.17. The van der Waals surface area contributed by atoms with Gasteiger partial charge in [0.1, 0.15) is 0 Å². The van der Waals surface area contributed by atoms with Crippen LogP contribution in [0.2, 0.25) is 10.0 Å². The zero-order valence-corrected chi connectivity index (χ0v) is 16.7. The average Bonchev–Trinajstić information content (AvgIpc) is 2.64. The molecule has 0 aromatic heterocycles. The summed E-state index contributed by atoms with van der Waals surface area (Å²) in [4.78, 5) is 12.3. The van der Waals surface area contributed by atoms with Crippen LogP contribution < -0.4 is 5.32 Å². The molecule has 2 aromatic rings. The molecule has 0 atom stereocenters. The Hall–Kier alpha value is -1.20. The third kappa shape index (κ3) is 5.92. The number of anilines is 1. The van der Waals surface area contributed by atoms with Gasteiger partial charge in [-0.05, 0) is 48.2 Å². The lowest BCUT2D eigenvalue weighted by molar-refractivity contribution is -0.115. The van der Waals surface area contributed by atoms with Gasteiger partial charge in [-0.1, -0.05) is 41.4 Å². The largest absolute Gasteiger partial charge is 0.381 e. The molecular formula is C20H21Cl2NO2S. The molecule has 3 nitrogen and oxygen atoms in total. The Morgan fingerprint density at radius 3 is 2.65 bits per heavy atom. The summed E-state index contributed by atoms with van der Waals surface area (Å²) >= 11 is 13.9. The van der Waals surface area contributed by atoms with Crippen LogP contribution >= 0.6 is 35.0 Å². The Morgan fingerprint density at radius 2 is 1.88 bits per heavy atom. The molecule has 1 amide bonds. The van der Waals surface area contributed by atoms with Crippen molar-refractivity contribution in [2.24, 2.45) is 0 Å². The van der Waals surface area contributed by atoms with Crippen molar-refractivity contribution in [2.75, 3.05) is 18.5 Å². The molecule has 0 radical (unpaired) electrons. The van der Waals surface area contributed by atoms with Gasteiger partial charge in [-0.3, -0.25) is 4.79 Å². The third-order valence-electron chi connectivity index (χ3n) is 4.21. The summed E-state index contributed by atoms with van der Waals surface area (Å²) in [5.74, 6) is 0.874. The van der Waals surface area contributed by atoms with E-state index in [-0.39, 0.29) is 12.3 Å². The number of nitrogens with one attached hydrogen (secondary N) is 1. The lowest BCUT2D eigenvalue weighted by Gasteiger charge is -2.21. The number of thioether (sulfide) groups is 1. The predicted octanol–water partition coefficient (Wildman–Crippen LogP) is 5.59. The Bertz CT molecular complexity index is 763. The zero-order valence-electron chi connectivity index (χ0n) is 14.3. The summed E-state index contributed by atoms with van der Waals surface area (Å²) in [6.07, 6.45) is 2.49. The second kappa shape index (κ2) is 9.65. The van der Waals surface area contributed by atoms with E-state index in [1.807, 2.05) is 36.0 Å². The van der Waals surface area contributed by atoms with E-state index in [0.29, 0.717) is 15.3 Å². The Labute approximate surface area is 168 Å². The molecule has 1 saturated heterocycles. The van der Waals surface area contributed by atoms with Crippen molar-refractivity contribution < 1.29 is 9.53 Å². The molecule has 1 fully saturated rings. The number of benzene rings is 2. The Balaban J connectivity index is 1.53. The van der Waals surface area contributed by atoms with E-state index in [4.69, 9.17) is 27.9 Å². The molecular weight excluding hydrogens is 389 g/mol. The maximum absolute atomic E-state index is 12.3. The van der Waals surface area contributed by atoms with Crippen molar-refractivity contribution in [3.8, 4) is 0 Å². The van der Waals surface area contributed by atoms with Crippen LogP contribution in [0.1, 0.15) is 24.0 Å². The standard InChI is InChI=1S/C20H21Cl2NO2S/c21-18-5-4-14(11-19(18)22)12-20(24)23-16-3-1-2-15(10-16)13-26-17-6-8-25-9-7-17/h1-5,10-11,17H,6-9,12-13H2,(H,23,24). The fraction of sp³-hybridized carbons (Fsp3) is 0.350. The normalized spacial score (nSPS) is 15.0. The van der Waals surface area contributed by atoms with Gasteiger partial charge < -0.3 is 10.1 Å². The van der Waals surface area contributed by atoms with Crippen LogP contribution in [0.25, 0.3) is 0 Å². The van der Waals surface area contributed by atoms with Crippen LogP contribution in [0.4, 0.5) is 5.69 Å². The number of carbonyl (C=O) groups is 1. The van der Waals surface area contributed by atoms with Crippen molar-refractivity contribution in [1.82, 2.24) is 0 Å². The van der Waals surface area contributed by atoms with Crippen LogP contribution in [-0.2, 0) is 21.7 Å². The maximum Gasteiger partial charge on any atom is 0.228 e. The lowest BCUT2D eigenvalue weighted by atomic mass is 10.1. The molecule has 0 spiro atoms. The first-order chi connectivity index (χ1) is 12.6. The first-order valence-electron chi connectivity index (χ1n) is 8.62. The molecule has 6 heteroatoms. The van der Waals surface area contributed by atoms with Gasteiger partial charge in [-0.25, -0.2) is 0 Å². The number of hydrogen-bond acceptors (Lipinski definition) is 3. The summed E-state index contributed by atoms with van der Waals surface area (Å²) in [7, 11) is 0. The van der Waals surface area contributed by atoms with Gasteiger partial charge >= 0.3 is 0 Å². The highest BCUT2D eigenvalue weighted by atomic mass is 35.5. The van der Waals surface area contributed by atoms with Crippen LogP contribution in [0.15, 0.2) is 42.5 Å². The topological polar surface area (TPSA) is 38.3 Å². The van der Waals surface area contributed by atoms with Crippen molar-refractivity contribution in [3.63, 3.8) is 0 Å². The van der Waals surface area contributed by atoms with E-state index in [9.17, 15) is 4.79 Å². The van der Waals surface area contributed by atoms with Gasteiger partial charge in [0.15, 0.2) is 0 Å². The van der Waals surface area contributed by atoms with E-state index >= 15 is 0 Å². The quantitative estimate of drug-likeness (QED) is 0.675. The van der Waals surface area contributed by atoms with E-state index in [2.05, 4.69) is 11.4 Å². The molecule has 0 saturated carbocycles. The molecule has 1 aliphatic rings. The van der Waals surface area contributed by atoms with Crippen LogP contribution in [0.5, 0.6) is 0 Å². The van der Waals surface area contributed by atoms with Crippen LogP contribution in [0, 0.1) is 0 Å². The van der Waals surface area contributed by atoms with Crippen LogP contribution in [0.3, 0.4) is 0 Å². The summed E-state index contributed by atoms with van der Waals surface area (Å²) in [5, 5.41) is 4.58. The summed E-state index contributed by atoms with van der Waals surface area (Å²) in [6.45, 7) is 1.73. The number of rotatable bonds is 6. The van der Waals surface area contributed by atoms with Gasteiger partial charge in [0.25, 0.3) is 0 Å². The fourth-order valence-electron chi connectivity index (χ4n) is 2.84. The number of ether oxygens (including phenoxy) is 1. The van der Waals surface area contributed by atoms with E-state index in [0.717, 1.165) is 43.1 Å². The van der Waals surface area contributed by atoms with Crippen molar-refractivity contribution in [2.45, 2.75) is 30.3 Å². The summed E-state index contributed by atoms with van der Waals surface area (Å²) in [6, 6.07) is 13.3. The van der Waals surface area contributed by atoms with Crippen molar-refractivity contribution >= 4 is 46.6 Å². The molecule has 1 N–H and O–H groups in total. The van der Waals surface area contributed by atoms with Gasteiger partial charge in [-0.2, -0.15) is 11.8 Å². The first-order valence-corrected chi connectivity index (χ1v) is 10.4. The summed E-state index contributed by atoms with van der Waals surface area (Å²) < 4.78 is 5.40. The molecule has 0 bridgehead atoms. The average molecular weight is 410 g/mol. The molecule has 1 heterocycles. The van der Waals surface area contributed by atoms with Gasteiger partial charge in [0.2, 0.25) is 5.91 Å². The Morgan fingerprint density at radius 1 is 1.08 bits per heavy atom. The van der Waals surface area contributed by atoms with E-state index in [1.165, 1.54) is 5.56 Å². The number of amides is 1. The van der Waals surface area contributed by atoms with E-state index in [1.54, 1.807) is 12.1 Å². The molecule has 2 aromatic carbocycles. The SMILES string of the molecule is O=C(Cc1ccc(Cl)c(Cl)c1)Nc1cccc(CSC2CCOCC2)c1. The first kappa shape index (κ1) is 19.6. The number of carbonyl (C=O) groups excluding carboxylic acids is 1.